The summed E-state index contributed by atoms with van der Waals surface area (Å²) in [6.07, 6.45) is 24.9. The van der Waals surface area contributed by atoms with Crippen LogP contribution in [-0.4, -0.2) is 5.78 Å². The van der Waals surface area contributed by atoms with E-state index in [1.54, 1.807) is 0 Å². The highest BCUT2D eigenvalue weighted by molar-refractivity contribution is 6.09. The van der Waals surface area contributed by atoms with E-state index in [1.807, 2.05) is 73.2 Å². The van der Waals surface area contributed by atoms with Crippen LogP contribution < -0.4 is 5.32 Å². The summed E-state index contributed by atoms with van der Waals surface area (Å²) < 4.78 is 0. The molecule has 0 saturated carbocycles. The highest BCUT2D eigenvalue weighted by Gasteiger charge is 2.15. The van der Waals surface area contributed by atoms with Crippen LogP contribution in [0.4, 0.5) is 0 Å². The van der Waals surface area contributed by atoms with Crippen LogP contribution in [0.1, 0.15) is 12.8 Å². The van der Waals surface area contributed by atoms with Gasteiger partial charge in [0, 0.05) is 23.5 Å². The molecular formula is C17H17NO. The van der Waals surface area contributed by atoms with Crippen molar-refractivity contribution in [1.29, 1.82) is 0 Å². The average molecular weight is 251 g/mol. The van der Waals surface area contributed by atoms with Gasteiger partial charge in [0.15, 0.2) is 5.78 Å². The summed E-state index contributed by atoms with van der Waals surface area (Å²) in [7, 11) is 0. The second kappa shape index (κ2) is 7.17. The van der Waals surface area contributed by atoms with Crippen molar-refractivity contribution in [2.75, 3.05) is 0 Å². The molecule has 2 aliphatic carbocycles. The molecule has 1 N–H and O–H groups in total. The Kier molecular flexibility index (Phi) is 4.94. The van der Waals surface area contributed by atoms with Gasteiger partial charge in [-0.1, -0.05) is 48.6 Å². The minimum Gasteiger partial charge on any atom is -0.368 e. The summed E-state index contributed by atoms with van der Waals surface area (Å²) in [4.78, 5) is 11.6. The van der Waals surface area contributed by atoms with Crippen LogP contribution in [0.15, 0.2) is 84.3 Å². The minimum absolute atomic E-state index is 0.213. The van der Waals surface area contributed by atoms with Crippen molar-refractivity contribution < 1.29 is 4.79 Å². The van der Waals surface area contributed by atoms with Gasteiger partial charge < -0.3 is 5.32 Å². The lowest BCUT2D eigenvalue weighted by molar-refractivity contribution is -0.112. The topological polar surface area (TPSA) is 29.1 Å². The zero-order valence-electron chi connectivity index (χ0n) is 10.8. The highest BCUT2D eigenvalue weighted by atomic mass is 16.1. The summed E-state index contributed by atoms with van der Waals surface area (Å²) in [6, 6.07) is 0. The van der Waals surface area contributed by atoms with E-state index in [9.17, 15) is 4.79 Å². The maximum Gasteiger partial charge on any atom is 0.185 e. The van der Waals surface area contributed by atoms with Gasteiger partial charge in [-0.2, -0.15) is 0 Å². The Labute approximate surface area is 113 Å². The third-order valence-electron chi connectivity index (χ3n) is 2.84. The monoisotopic (exact) mass is 251 g/mol. The van der Waals surface area contributed by atoms with E-state index in [2.05, 4.69) is 5.32 Å². The fourth-order valence-electron chi connectivity index (χ4n) is 1.84. The minimum atomic E-state index is 0.213. The van der Waals surface area contributed by atoms with Gasteiger partial charge in [-0.15, -0.1) is 0 Å². The second-order valence-corrected chi connectivity index (χ2v) is 4.25. The molecule has 19 heavy (non-hydrogen) atoms. The number of carbonyl (C=O) groups excluding carboxylic acids is 1. The summed E-state index contributed by atoms with van der Waals surface area (Å²) in [6.45, 7) is 0. The molecule has 0 atom stereocenters. The Balaban J connectivity index is 0.000000163. The molecule has 1 aliphatic heterocycles. The first-order valence-corrected chi connectivity index (χ1v) is 6.38. The number of nitrogens with one attached hydrogen (secondary N) is 1. The maximum atomic E-state index is 11.6. The smallest absolute Gasteiger partial charge is 0.185 e. The van der Waals surface area contributed by atoms with Crippen molar-refractivity contribution in [2.45, 2.75) is 12.8 Å². The van der Waals surface area contributed by atoms with Gasteiger partial charge in [0.1, 0.15) is 0 Å². The molecule has 3 rings (SSSR count). The van der Waals surface area contributed by atoms with Gasteiger partial charge in [0.05, 0.1) is 0 Å². The first-order chi connectivity index (χ1) is 9.38. The van der Waals surface area contributed by atoms with Gasteiger partial charge in [-0.3, -0.25) is 4.79 Å². The Morgan fingerprint density at radius 1 is 0.789 bits per heavy atom. The van der Waals surface area contributed by atoms with Gasteiger partial charge in [0.25, 0.3) is 0 Å². The average Bonchev–Trinajstić information content (AvgIpc) is 3.08. The van der Waals surface area contributed by atoms with Crippen LogP contribution in [0.5, 0.6) is 0 Å². The quantitative estimate of drug-likeness (QED) is 0.813. The standard InChI is InChI=1S/C11H10O.C6H7N/c12-11(9-5-1-2-6-9)10-7-3-4-8-10;1-2-4-6-7-5-3-1/h1-5,7H,6,8H2;1-7H. The van der Waals surface area contributed by atoms with Crippen molar-refractivity contribution in [1.82, 2.24) is 5.32 Å². The molecule has 3 aliphatic rings. The van der Waals surface area contributed by atoms with Gasteiger partial charge >= 0.3 is 0 Å². The van der Waals surface area contributed by atoms with Crippen molar-refractivity contribution in [3.05, 3.63) is 84.3 Å². The van der Waals surface area contributed by atoms with E-state index in [0.29, 0.717) is 0 Å². The van der Waals surface area contributed by atoms with E-state index in [1.165, 1.54) is 0 Å². The van der Waals surface area contributed by atoms with Crippen molar-refractivity contribution in [3.8, 4) is 0 Å². The molecule has 2 nitrogen and oxygen atoms in total. The number of rotatable bonds is 2. The van der Waals surface area contributed by atoms with Crippen LogP contribution in [-0.2, 0) is 4.79 Å². The van der Waals surface area contributed by atoms with E-state index in [0.717, 1.165) is 24.0 Å². The summed E-state index contributed by atoms with van der Waals surface area (Å²) >= 11 is 0. The Morgan fingerprint density at radius 2 is 1.32 bits per heavy atom. The molecule has 1 heterocycles. The number of ketones is 1. The van der Waals surface area contributed by atoms with Crippen LogP contribution in [0, 0.1) is 0 Å². The number of hydrogen-bond acceptors (Lipinski definition) is 2. The fraction of sp³-hybridized carbons (Fsp3) is 0.118. The van der Waals surface area contributed by atoms with Crippen molar-refractivity contribution >= 4 is 5.78 Å². The van der Waals surface area contributed by atoms with Gasteiger partial charge in [-0.25, -0.2) is 0 Å². The van der Waals surface area contributed by atoms with Gasteiger partial charge in [-0.05, 0) is 25.0 Å². The van der Waals surface area contributed by atoms with Crippen molar-refractivity contribution in [3.63, 3.8) is 0 Å². The lowest BCUT2D eigenvalue weighted by atomic mass is 10.0. The van der Waals surface area contributed by atoms with E-state index < -0.39 is 0 Å². The molecule has 0 bridgehead atoms. The Morgan fingerprint density at radius 3 is 1.74 bits per heavy atom. The number of allylic oxidation sites excluding steroid dienone is 12. The lowest BCUT2D eigenvalue weighted by Gasteiger charge is -2.00. The van der Waals surface area contributed by atoms with E-state index in [-0.39, 0.29) is 5.78 Å². The lowest BCUT2D eigenvalue weighted by Crippen LogP contribution is -2.02. The zero-order chi connectivity index (χ0) is 13.3. The summed E-state index contributed by atoms with van der Waals surface area (Å²) in [5, 5.41) is 2.92. The predicted molar refractivity (Wildman–Crippen MR) is 79.2 cm³/mol. The normalized spacial score (nSPS) is 18.3. The van der Waals surface area contributed by atoms with Crippen molar-refractivity contribution in [2.24, 2.45) is 0 Å². The predicted octanol–water partition coefficient (Wildman–Crippen LogP) is 3.50. The van der Waals surface area contributed by atoms with Crippen LogP contribution in [0.3, 0.4) is 0 Å². The van der Waals surface area contributed by atoms with Crippen LogP contribution in [0.25, 0.3) is 0 Å². The van der Waals surface area contributed by atoms with E-state index >= 15 is 0 Å². The Bertz CT molecular complexity index is 494. The molecule has 0 aromatic heterocycles. The molecule has 0 amide bonds. The van der Waals surface area contributed by atoms with Gasteiger partial charge in [0.2, 0.25) is 0 Å². The molecule has 0 aromatic rings. The largest absolute Gasteiger partial charge is 0.368 e. The molecule has 0 unspecified atom stereocenters. The van der Waals surface area contributed by atoms with E-state index in [4.69, 9.17) is 0 Å². The molecule has 0 fully saturated rings. The molecule has 0 spiro atoms. The first-order valence-electron chi connectivity index (χ1n) is 6.38. The fourth-order valence-corrected chi connectivity index (χ4v) is 1.84. The SMILES string of the molecule is C1=CC=CNC=C1.O=C(C1=CC=CC1)C1=CC=CC1. The molecular weight excluding hydrogens is 234 g/mol. The van der Waals surface area contributed by atoms with Crippen LogP contribution in [0.2, 0.25) is 0 Å². The number of carbonyl (C=O) groups is 1. The molecule has 0 radical (unpaired) electrons. The number of hydrogen-bond donors (Lipinski definition) is 1. The Hall–Kier alpha value is -2.35. The zero-order valence-corrected chi connectivity index (χ0v) is 10.8. The highest BCUT2D eigenvalue weighted by Crippen LogP contribution is 2.20. The molecule has 2 heteroatoms. The summed E-state index contributed by atoms with van der Waals surface area (Å²) in [5.41, 5.74) is 1.84. The summed E-state index contributed by atoms with van der Waals surface area (Å²) in [5.74, 6) is 0.213. The third-order valence-corrected chi connectivity index (χ3v) is 2.84. The molecule has 96 valence electrons. The third kappa shape index (κ3) is 4.11. The number of Topliss-reactive ketones (excluding diaryl/α,β-unsaturated/α-hetero) is 1. The first kappa shape index (κ1) is 13.1. The molecule has 0 aromatic carbocycles. The van der Waals surface area contributed by atoms with Crippen LogP contribution >= 0.6 is 0 Å². The maximum absolute atomic E-state index is 11.6. The second-order valence-electron chi connectivity index (χ2n) is 4.25. The molecule has 0 saturated heterocycles.